The minimum absolute atomic E-state index is 0.0807. The number of esters is 1. The zero-order valence-electron chi connectivity index (χ0n) is 33.8. The summed E-state index contributed by atoms with van der Waals surface area (Å²) >= 11 is 5.49. The van der Waals surface area contributed by atoms with Crippen LogP contribution in [0.5, 0.6) is 5.75 Å². The van der Waals surface area contributed by atoms with E-state index in [0.717, 1.165) is 0 Å². The summed E-state index contributed by atoms with van der Waals surface area (Å²) in [5, 5.41) is 33.6. The first-order chi connectivity index (χ1) is 27.7. The standard InChI is InChI=1S/C37H58N8O12S2/c1-19(2)30(45-32(50)24(39)16-22-9-11-23(12-10-22)57-21(4)46)36(54)40-20(3)31(49)43-27(17-29(47)48)34(52)44-28(18-58)35(53)41-25(13-15-59-5)33(51)42-26(37(55)56)8-6-7-14-38/h9-12,19-20,24-28,30,58H,6-8,13-18,38-39H2,1-5H3,(H,40,54)(H,41,53)(H,42,51)(H,43,49)(H,44,52)(H,45,50)(H,47,48)(H,55,56)/t20-,24-,25-,26-,27-,28-,30-/m0/s1. The molecule has 20 nitrogen and oxygen atoms in total. The molecule has 0 saturated heterocycles. The number of carbonyl (C=O) groups excluding carboxylic acids is 7. The number of carboxylic acids is 2. The van der Waals surface area contributed by atoms with Crippen LogP contribution in [0.25, 0.3) is 0 Å². The molecule has 12 N–H and O–H groups in total. The Morgan fingerprint density at radius 1 is 0.729 bits per heavy atom. The fourth-order valence-corrected chi connectivity index (χ4v) is 6.05. The Balaban J connectivity index is 2.99. The van der Waals surface area contributed by atoms with E-state index in [9.17, 15) is 53.4 Å². The van der Waals surface area contributed by atoms with Crippen LogP contribution in [0.1, 0.15) is 65.4 Å². The van der Waals surface area contributed by atoms with Crippen LogP contribution in [0.4, 0.5) is 0 Å². The minimum Gasteiger partial charge on any atom is -0.481 e. The first kappa shape index (κ1) is 52.1. The number of benzene rings is 1. The molecule has 7 atom stereocenters. The third kappa shape index (κ3) is 19.6. The van der Waals surface area contributed by atoms with E-state index >= 15 is 0 Å². The SMILES string of the molecule is CSCC[C@H](NC(=O)[C@H](CS)NC(=O)[C@H](CC(=O)O)NC(=O)[C@H](C)NC(=O)[C@@H](NC(=O)[C@@H](N)Cc1ccc(OC(C)=O)cc1)C(C)C)C(=O)N[C@@H](CCCCN)C(=O)O. The number of amides is 6. The smallest absolute Gasteiger partial charge is 0.326 e. The van der Waals surface area contributed by atoms with Gasteiger partial charge in [0.1, 0.15) is 42.0 Å². The van der Waals surface area contributed by atoms with Crippen LogP contribution in [-0.2, 0) is 49.6 Å². The van der Waals surface area contributed by atoms with Gasteiger partial charge in [0.05, 0.1) is 12.5 Å². The zero-order valence-corrected chi connectivity index (χ0v) is 35.5. The van der Waals surface area contributed by atoms with E-state index in [1.165, 1.54) is 25.6 Å². The Morgan fingerprint density at radius 2 is 1.29 bits per heavy atom. The maximum Gasteiger partial charge on any atom is 0.326 e. The summed E-state index contributed by atoms with van der Waals surface area (Å²) < 4.78 is 4.99. The van der Waals surface area contributed by atoms with Crippen LogP contribution in [0.2, 0.25) is 0 Å². The summed E-state index contributed by atoms with van der Waals surface area (Å²) in [5.41, 5.74) is 12.2. The molecule has 0 spiro atoms. The Hall–Kier alpha value is -4.93. The van der Waals surface area contributed by atoms with Crippen molar-refractivity contribution in [2.45, 2.75) is 109 Å². The maximum atomic E-state index is 13.3. The lowest BCUT2D eigenvalue weighted by atomic mass is 10.0. The van der Waals surface area contributed by atoms with Crippen molar-refractivity contribution in [3.8, 4) is 5.75 Å². The molecule has 0 unspecified atom stereocenters. The van der Waals surface area contributed by atoms with E-state index in [1.54, 1.807) is 44.4 Å². The van der Waals surface area contributed by atoms with Crippen molar-refractivity contribution in [2.24, 2.45) is 17.4 Å². The van der Waals surface area contributed by atoms with E-state index in [-0.39, 0.29) is 25.0 Å². The second-order valence-electron chi connectivity index (χ2n) is 13.9. The average molecular weight is 871 g/mol. The fourth-order valence-electron chi connectivity index (χ4n) is 5.32. The van der Waals surface area contributed by atoms with Crippen molar-refractivity contribution in [3.63, 3.8) is 0 Å². The third-order valence-electron chi connectivity index (χ3n) is 8.61. The van der Waals surface area contributed by atoms with Crippen molar-refractivity contribution in [1.29, 1.82) is 0 Å². The molecule has 0 aromatic heterocycles. The summed E-state index contributed by atoms with van der Waals surface area (Å²) in [6.45, 7) is 6.15. The number of rotatable bonds is 27. The zero-order chi connectivity index (χ0) is 44.8. The lowest BCUT2D eigenvalue weighted by Gasteiger charge is -2.27. The first-order valence-electron chi connectivity index (χ1n) is 18.8. The largest absolute Gasteiger partial charge is 0.481 e. The highest BCUT2D eigenvalue weighted by atomic mass is 32.2. The number of ether oxygens (including phenoxy) is 1. The maximum absolute atomic E-state index is 13.3. The number of thioether (sulfide) groups is 1. The monoisotopic (exact) mass is 870 g/mol. The molecule has 0 radical (unpaired) electrons. The highest BCUT2D eigenvalue weighted by Gasteiger charge is 2.33. The van der Waals surface area contributed by atoms with E-state index < -0.39 is 108 Å². The number of aliphatic carboxylic acids is 2. The van der Waals surface area contributed by atoms with Gasteiger partial charge in [-0.1, -0.05) is 26.0 Å². The third-order valence-corrected chi connectivity index (χ3v) is 9.62. The number of nitrogens with two attached hydrogens (primary N) is 2. The average Bonchev–Trinajstić information content (AvgIpc) is 3.16. The molecule has 22 heteroatoms. The molecule has 6 amide bonds. The second-order valence-corrected chi connectivity index (χ2v) is 15.3. The normalized spacial score (nSPS) is 14.5. The molecule has 59 heavy (non-hydrogen) atoms. The van der Waals surface area contributed by atoms with Gasteiger partial charge >= 0.3 is 17.9 Å². The molecule has 0 fully saturated rings. The summed E-state index contributed by atoms with van der Waals surface area (Å²) in [6, 6.07) is -2.86. The minimum atomic E-state index is -1.74. The van der Waals surface area contributed by atoms with Crippen LogP contribution >= 0.6 is 24.4 Å². The van der Waals surface area contributed by atoms with Crippen LogP contribution in [0.3, 0.4) is 0 Å². The molecule has 1 aromatic rings. The van der Waals surface area contributed by atoms with Gasteiger partial charge < -0.3 is 58.3 Å². The predicted octanol–water partition coefficient (Wildman–Crippen LogP) is -1.56. The lowest BCUT2D eigenvalue weighted by molar-refractivity contribution is -0.142. The topological polar surface area (TPSA) is 328 Å². The van der Waals surface area contributed by atoms with Gasteiger partial charge in [0, 0.05) is 12.7 Å². The van der Waals surface area contributed by atoms with Crippen molar-refractivity contribution >= 4 is 77.7 Å². The molecule has 330 valence electrons. The Morgan fingerprint density at radius 3 is 1.81 bits per heavy atom. The Labute approximate surface area is 352 Å². The van der Waals surface area contributed by atoms with Crippen molar-refractivity contribution in [2.75, 3.05) is 24.3 Å². The van der Waals surface area contributed by atoms with Crippen LogP contribution < -0.4 is 48.1 Å². The van der Waals surface area contributed by atoms with Crippen molar-refractivity contribution in [1.82, 2.24) is 31.9 Å². The highest BCUT2D eigenvalue weighted by molar-refractivity contribution is 7.98. The molecule has 0 aliphatic carbocycles. The number of unbranched alkanes of at least 4 members (excludes halogenated alkanes) is 1. The number of carbonyl (C=O) groups is 9. The summed E-state index contributed by atoms with van der Waals surface area (Å²) in [7, 11) is 0. The van der Waals surface area contributed by atoms with Gasteiger partial charge in [0.25, 0.3) is 0 Å². The molecule has 0 heterocycles. The summed E-state index contributed by atoms with van der Waals surface area (Å²) in [6.07, 6.45) is 2.12. The molecule has 0 aliphatic heterocycles. The van der Waals surface area contributed by atoms with E-state index in [2.05, 4.69) is 44.5 Å². The molecular formula is C37H58N8O12S2. The molecule has 1 aromatic carbocycles. The Bertz CT molecular complexity index is 1620. The van der Waals surface area contributed by atoms with E-state index in [4.69, 9.17) is 16.2 Å². The van der Waals surface area contributed by atoms with Crippen LogP contribution in [0, 0.1) is 5.92 Å². The number of thiol groups is 1. The van der Waals surface area contributed by atoms with Gasteiger partial charge in [-0.2, -0.15) is 24.4 Å². The number of carboxylic acid groups (broad SMARTS) is 2. The van der Waals surface area contributed by atoms with Crippen LogP contribution in [-0.4, -0.2) is 130 Å². The van der Waals surface area contributed by atoms with E-state index in [0.29, 0.717) is 36.5 Å². The van der Waals surface area contributed by atoms with Crippen LogP contribution in [0.15, 0.2) is 24.3 Å². The number of hydrogen-bond donors (Lipinski definition) is 11. The fraction of sp³-hybridized carbons (Fsp3) is 0.595. The van der Waals surface area contributed by atoms with Crippen molar-refractivity contribution in [3.05, 3.63) is 29.8 Å². The van der Waals surface area contributed by atoms with Gasteiger partial charge in [0.15, 0.2) is 0 Å². The van der Waals surface area contributed by atoms with Crippen molar-refractivity contribution < 1.29 is 58.1 Å². The number of nitrogens with one attached hydrogen (secondary N) is 6. The van der Waals surface area contributed by atoms with Gasteiger partial charge in [0.2, 0.25) is 35.4 Å². The highest BCUT2D eigenvalue weighted by Crippen LogP contribution is 2.14. The molecular weight excluding hydrogens is 813 g/mol. The molecule has 1 rings (SSSR count). The van der Waals surface area contributed by atoms with Gasteiger partial charge in [-0.25, -0.2) is 4.79 Å². The second kappa shape index (κ2) is 26.9. The molecule has 0 bridgehead atoms. The van der Waals surface area contributed by atoms with Gasteiger partial charge in [-0.05, 0) is 81.2 Å². The Kier molecular flexibility index (Phi) is 23.8. The summed E-state index contributed by atoms with van der Waals surface area (Å²) in [4.78, 5) is 114. The lowest BCUT2D eigenvalue weighted by Crippen LogP contribution is -2.60. The quantitative estimate of drug-likeness (QED) is 0.0206. The first-order valence-corrected chi connectivity index (χ1v) is 20.9. The molecule has 0 aliphatic rings. The number of hydrogen-bond acceptors (Lipinski definition) is 14. The van der Waals surface area contributed by atoms with Gasteiger partial charge in [-0.15, -0.1) is 0 Å². The molecule has 0 saturated carbocycles. The predicted molar refractivity (Wildman–Crippen MR) is 221 cm³/mol. The van der Waals surface area contributed by atoms with E-state index in [1.807, 2.05) is 0 Å². The van der Waals surface area contributed by atoms with Gasteiger partial charge in [-0.3, -0.25) is 38.4 Å². The summed E-state index contributed by atoms with van der Waals surface area (Å²) in [5.74, 6) is -8.49.